The SMILES string of the molecule is Cc1ccc(C)c(N2CCC(C(=O)O)C2(C)C)c1. The Morgan fingerprint density at radius 2 is 2.06 bits per heavy atom. The van der Waals surface area contributed by atoms with Crippen LogP contribution in [0.2, 0.25) is 0 Å². The lowest BCUT2D eigenvalue weighted by Gasteiger charge is -2.37. The van der Waals surface area contributed by atoms with E-state index in [1.165, 1.54) is 16.8 Å². The van der Waals surface area contributed by atoms with Crippen molar-refractivity contribution in [3.8, 4) is 0 Å². The van der Waals surface area contributed by atoms with E-state index in [9.17, 15) is 9.90 Å². The number of aliphatic carboxylic acids is 1. The first kappa shape index (κ1) is 12.9. The van der Waals surface area contributed by atoms with Gasteiger partial charge < -0.3 is 10.0 Å². The number of carboxylic acid groups (broad SMARTS) is 1. The largest absolute Gasteiger partial charge is 0.481 e. The third-order valence-electron chi connectivity index (χ3n) is 4.14. The van der Waals surface area contributed by atoms with Crippen LogP contribution in [-0.2, 0) is 4.79 Å². The van der Waals surface area contributed by atoms with Crippen LogP contribution in [0.25, 0.3) is 0 Å². The van der Waals surface area contributed by atoms with Gasteiger partial charge in [0, 0.05) is 17.8 Å². The molecular formula is C15H21NO2. The molecule has 1 N–H and O–H groups in total. The van der Waals surface area contributed by atoms with Crippen molar-refractivity contribution in [1.82, 2.24) is 0 Å². The van der Waals surface area contributed by atoms with Crippen LogP contribution in [0.15, 0.2) is 18.2 Å². The second kappa shape index (κ2) is 4.30. The second-order valence-corrected chi connectivity index (χ2v) is 5.77. The third-order valence-corrected chi connectivity index (χ3v) is 4.14. The van der Waals surface area contributed by atoms with Gasteiger partial charge in [0.15, 0.2) is 0 Å². The topological polar surface area (TPSA) is 40.5 Å². The molecule has 1 aromatic rings. The average molecular weight is 247 g/mol. The molecule has 1 fully saturated rings. The fourth-order valence-electron chi connectivity index (χ4n) is 2.95. The molecule has 0 radical (unpaired) electrons. The fourth-order valence-corrected chi connectivity index (χ4v) is 2.95. The average Bonchev–Trinajstić information content (AvgIpc) is 2.57. The summed E-state index contributed by atoms with van der Waals surface area (Å²) in [5.41, 5.74) is 3.26. The van der Waals surface area contributed by atoms with Gasteiger partial charge >= 0.3 is 5.97 Å². The van der Waals surface area contributed by atoms with E-state index in [0.29, 0.717) is 0 Å². The minimum Gasteiger partial charge on any atom is -0.481 e. The molecule has 3 nitrogen and oxygen atoms in total. The summed E-state index contributed by atoms with van der Waals surface area (Å²) in [6.07, 6.45) is 0.718. The van der Waals surface area contributed by atoms with Crippen LogP contribution in [-0.4, -0.2) is 23.2 Å². The summed E-state index contributed by atoms with van der Waals surface area (Å²) in [7, 11) is 0. The lowest BCUT2D eigenvalue weighted by molar-refractivity contribution is -0.142. The standard InChI is InChI=1S/C15H21NO2/c1-10-5-6-11(2)13(9-10)16-8-7-12(14(17)18)15(16,3)4/h5-6,9,12H,7-8H2,1-4H3,(H,17,18). The van der Waals surface area contributed by atoms with Gasteiger partial charge in [-0.05, 0) is 51.3 Å². The molecule has 0 amide bonds. The predicted molar refractivity (Wildman–Crippen MR) is 73.1 cm³/mol. The minimum absolute atomic E-state index is 0.294. The number of nitrogens with zero attached hydrogens (tertiary/aromatic N) is 1. The molecule has 0 spiro atoms. The van der Waals surface area contributed by atoms with Crippen molar-refractivity contribution in [2.24, 2.45) is 5.92 Å². The number of hydrogen-bond donors (Lipinski definition) is 1. The first-order valence-corrected chi connectivity index (χ1v) is 6.41. The van der Waals surface area contributed by atoms with Gasteiger partial charge in [0.1, 0.15) is 0 Å². The van der Waals surface area contributed by atoms with Gasteiger partial charge in [0.25, 0.3) is 0 Å². The van der Waals surface area contributed by atoms with Crippen LogP contribution in [0, 0.1) is 19.8 Å². The Hall–Kier alpha value is -1.51. The van der Waals surface area contributed by atoms with Crippen molar-refractivity contribution in [2.75, 3.05) is 11.4 Å². The normalized spacial score (nSPS) is 22.2. The fraction of sp³-hybridized carbons (Fsp3) is 0.533. The first-order chi connectivity index (χ1) is 8.34. The lowest BCUT2D eigenvalue weighted by atomic mass is 9.88. The van der Waals surface area contributed by atoms with Crippen molar-refractivity contribution in [3.63, 3.8) is 0 Å². The molecule has 1 saturated heterocycles. The molecule has 1 unspecified atom stereocenters. The van der Waals surface area contributed by atoms with E-state index < -0.39 is 5.97 Å². The first-order valence-electron chi connectivity index (χ1n) is 6.41. The highest BCUT2D eigenvalue weighted by molar-refractivity contribution is 5.75. The summed E-state index contributed by atoms with van der Waals surface area (Å²) in [5.74, 6) is -0.981. The highest BCUT2D eigenvalue weighted by atomic mass is 16.4. The lowest BCUT2D eigenvalue weighted by Crippen LogP contribution is -2.45. The number of carbonyl (C=O) groups is 1. The van der Waals surface area contributed by atoms with E-state index in [0.717, 1.165) is 13.0 Å². The van der Waals surface area contributed by atoms with E-state index in [1.54, 1.807) is 0 Å². The van der Waals surface area contributed by atoms with Gasteiger partial charge in [-0.15, -0.1) is 0 Å². The quantitative estimate of drug-likeness (QED) is 0.873. The molecule has 98 valence electrons. The molecule has 3 heteroatoms. The highest BCUT2D eigenvalue weighted by Crippen LogP contribution is 2.39. The zero-order valence-corrected chi connectivity index (χ0v) is 11.5. The van der Waals surface area contributed by atoms with Crippen LogP contribution < -0.4 is 4.90 Å². The van der Waals surface area contributed by atoms with Crippen molar-refractivity contribution < 1.29 is 9.90 Å². The Morgan fingerprint density at radius 1 is 1.39 bits per heavy atom. The molecule has 1 aromatic carbocycles. The molecule has 2 rings (SSSR count). The smallest absolute Gasteiger partial charge is 0.308 e. The van der Waals surface area contributed by atoms with Crippen molar-refractivity contribution >= 4 is 11.7 Å². The zero-order valence-electron chi connectivity index (χ0n) is 11.5. The van der Waals surface area contributed by atoms with Crippen LogP contribution in [0.3, 0.4) is 0 Å². The maximum absolute atomic E-state index is 11.3. The van der Waals surface area contributed by atoms with Gasteiger partial charge in [0.05, 0.1) is 5.92 Å². The maximum Gasteiger partial charge on any atom is 0.308 e. The Kier molecular flexibility index (Phi) is 3.09. The molecule has 18 heavy (non-hydrogen) atoms. The summed E-state index contributed by atoms with van der Waals surface area (Å²) in [6, 6.07) is 6.35. The summed E-state index contributed by atoms with van der Waals surface area (Å²) in [5, 5.41) is 9.31. The number of aryl methyl sites for hydroxylation is 2. The van der Waals surface area contributed by atoms with E-state index in [-0.39, 0.29) is 11.5 Å². The number of hydrogen-bond acceptors (Lipinski definition) is 2. The monoisotopic (exact) mass is 247 g/mol. The Bertz CT molecular complexity index is 479. The summed E-state index contributed by atoms with van der Waals surface area (Å²) < 4.78 is 0. The number of carboxylic acids is 1. The Labute approximate surface area is 108 Å². The number of rotatable bonds is 2. The molecular weight excluding hydrogens is 226 g/mol. The summed E-state index contributed by atoms with van der Waals surface area (Å²) in [4.78, 5) is 13.6. The predicted octanol–water partition coefficient (Wildman–Crippen LogP) is 2.99. The van der Waals surface area contributed by atoms with Crippen LogP contribution in [0.4, 0.5) is 5.69 Å². The number of benzene rings is 1. The van der Waals surface area contributed by atoms with Gasteiger partial charge in [-0.25, -0.2) is 0 Å². The van der Waals surface area contributed by atoms with E-state index in [4.69, 9.17) is 0 Å². The molecule has 1 heterocycles. The zero-order chi connectivity index (χ0) is 13.5. The van der Waals surface area contributed by atoms with Crippen LogP contribution in [0.5, 0.6) is 0 Å². The van der Waals surface area contributed by atoms with Crippen LogP contribution >= 0.6 is 0 Å². The Balaban J connectivity index is 2.41. The highest BCUT2D eigenvalue weighted by Gasteiger charge is 2.45. The maximum atomic E-state index is 11.3. The summed E-state index contributed by atoms with van der Waals surface area (Å²) in [6.45, 7) is 9.02. The van der Waals surface area contributed by atoms with Crippen molar-refractivity contribution in [2.45, 2.75) is 39.7 Å². The molecule has 0 aliphatic carbocycles. The Morgan fingerprint density at radius 3 is 2.61 bits per heavy atom. The van der Waals surface area contributed by atoms with Crippen molar-refractivity contribution in [1.29, 1.82) is 0 Å². The molecule has 0 aromatic heterocycles. The second-order valence-electron chi connectivity index (χ2n) is 5.77. The third kappa shape index (κ3) is 1.98. The van der Waals surface area contributed by atoms with E-state index in [2.05, 4.69) is 36.9 Å². The van der Waals surface area contributed by atoms with Crippen molar-refractivity contribution in [3.05, 3.63) is 29.3 Å². The van der Waals surface area contributed by atoms with Gasteiger partial charge in [-0.1, -0.05) is 12.1 Å². The molecule has 0 bridgehead atoms. The molecule has 1 aliphatic heterocycles. The van der Waals surface area contributed by atoms with E-state index >= 15 is 0 Å². The van der Waals surface area contributed by atoms with Gasteiger partial charge in [0.2, 0.25) is 0 Å². The van der Waals surface area contributed by atoms with Gasteiger partial charge in [-0.2, -0.15) is 0 Å². The summed E-state index contributed by atoms with van der Waals surface area (Å²) >= 11 is 0. The number of anilines is 1. The van der Waals surface area contributed by atoms with Gasteiger partial charge in [-0.3, -0.25) is 4.79 Å². The molecule has 1 atom stereocenters. The van der Waals surface area contributed by atoms with E-state index in [1.807, 2.05) is 13.8 Å². The molecule has 1 aliphatic rings. The minimum atomic E-state index is -0.687. The molecule has 0 saturated carbocycles. The van der Waals surface area contributed by atoms with Crippen LogP contribution in [0.1, 0.15) is 31.4 Å².